The predicted molar refractivity (Wildman–Crippen MR) is 408 cm³/mol. The van der Waals surface area contributed by atoms with Crippen molar-refractivity contribution in [1.29, 1.82) is 0 Å². The molecule has 3 fully saturated rings. The van der Waals surface area contributed by atoms with Crippen LogP contribution in [0.15, 0.2) is 71.7 Å². The lowest BCUT2D eigenvalue weighted by Gasteiger charge is -2.28. The molecule has 0 saturated carbocycles. The van der Waals surface area contributed by atoms with Crippen LogP contribution >= 0.6 is 73.5 Å². The first-order valence-electron chi connectivity index (χ1n) is 33.9. The second-order valence-electron chi connectivity index (χ2n) is 19.8. The van der Waals surface area contributed by atoms with Crippen molar-refractivity contribution in [3.8, 4) is 0 Å². The van der Waals surface area contributed by atoms with Gasteiger partial charge in [0.2, 0.25) is 16.5 Å². The molecule has 5 aromatic heterocycles. The van der Waals surface area contributed by atoms with Gasteiger partial charge in [-0.05, 0) is 124 Å². The van der Waals surface area contributed by atoms with Gasteiger partial charge in [-0.2, -0.15) is 4.98 Å². The van der Waals surface area contributed by atoms with Crippen LogP contribution < -0.4 is 42.1 Å². The van der Waals surface area contributed by atoms with Crippen LogP contribution in [0.4, 0.5) is 21.0 Å². The summed E-state index contributed by atoms with van der Waals surface area (Å²) in [6.45, 7) is 30.6. The number of amides is 2. The number of aromatic nitrogens is 8. The van der Waals surface area contributed by atoms with Gasteiger partial charge in [0.15, 0.2) is 12.1 Å². The number of H-pyrrole nitrogens is 1. The Morgan fingerprint density at radius 2 is 1.15 bits per heavy atom. The SMILES string of the molecule is C1CNCCN1.CCCC(=O)OCC.CCOC(=O)/C(=C\OC)CC.CCOC(=O)C1=CNC(=O)NC1.CCOC(=O)c1cnc(=O)[nH]c1.CCOC(=O)c1cnc(Cl)nc1.CCOC(=O)c1cnc(N2CCNCC2)nc1.CCOC=O.O=Cc1cc2nc(Cl)nc(N3CCOCC3)c2s1.O=P(Cl)(Cl)Cl.[2H]CF. The van der Waals surface area contributed by atoms with Gasteiger partial charge in [-0.1, -0.05) is 13.8 Å². The Bertz CT molecular complexity index is 3540. The van der Waals surface area contributed by atoms with Crippen molar-refractivity contribution in [3.63, 3.8) is 0 Å². The molecule has 0 aromatic carbocycles. The van der Waals surface area contributed by atoms with Crippen molar-refractivity contribution >= 4 is 150 Å². The molecule has 0 radical (unpaired) electrons. The lowest BCUT2D eigenvalue weighted by Crippen LogP contribution is -2.44. The fourth-order valence-electron chi connectivity index (χ4n) is 7.46. The maximum atomic E-state index is 11.4. The second-order valence-corrected chi connectivity index (χ2v) is 28.2. The molecule has 9 rings (SSSR count). The number of rotatable bonds is 20. The van der Waals surface area contributed by atoms with E-state index >= 15 is 0 Å². The highest BCUT2D eigenvalue weighted by Gasteiger charge is 2.20. The number of carbonyl (C=O) groups is 9. The van der Waals surface area contributed by atoms with Crippen molar-refractivity contribution in [2.45, 2.75) is 81.6 Å². The Balaban J connectivity index is 0. The second kappa shape index (κ2) is 64.6. The molecule has 5 aromatic rings. The van der Waals surface area contributed by atoms with Gasteiger partial charge < -0.3 is 84.0 Å². The summed E-state index contributed by atoms with van der Waals surface area (Å²) in [5.41, 5.74) is 2.18. The number of hydrogen-bond donors (Lipinski definition) is 6. The van der Waals surface area contributed by atoms with Crippen molar-refractivity contribution in [2.75, 3.05) is 156 Å². The maximum Gasteiger partial charge on any atom is 0.344 e. The van der Waals surface area contributed by atoms with Gasteiger partial charge in [0.25, 0.3) is 6.47 Å². The third-order valence-corrected chi connectivity index (χ3v) is 13.5. The predicted octanol–water partition coefficient (Wildman–Crippen LogP) is 8.65. The third-order valence-electron chi connectivity index (χ3n) is 12.1. The molecule has 0 unspecified atom stereocenters. The largest absolute Gasteiger partial charge is 0.504 e. The van der Waals surface area contributed by atoms with E-state index in [0.717, 1.165) is 94.2 Å². The maximum absolute atomic E-state index is 11.4. The van der Waals surface area contributed by atoms with Crippen LogP contribution in [-0.4, -0.2) is 240 Å². The molecule has 43 heteroatoms. The number of hydrogen-bond acceptors (Lipinski definition) is 33. The number of aromatic amines is 1. The normalized spacial score (nSPS) is 13.1. The highest BCUT2D eigenvalue weighted by atomic mass is 36.0. The van der Waals surface area contributed by atoms with Crippen molar-refractivity contribution in [1.82, 2.24) is 66.5 Å². The number of urea groups is 1. The summed E-state index contributed by atoms with van der Waals surface area (Å²) in [5.74, 6) is -0.613. The van der Waals surface area contributed by atoms with Crippen LogP contribution in [0.25, 0.3) is 10.2 Å². The zero-order valence-electron chi connectivity index (χ0n) is 62.6. The first kappa shape index (κ1) is 99.6. The van der Waals surface area contributed by atoms with Gasteiger partial charge in [0.05, 0.1) is 131 Å². The molecule has 2 amide bonds. The fraction of sp³-hybridized carbons (Fsp3) is 0.523. The molecule has 0 bridgehead atoms. The minimum Gasteiger partial charge on any atom is -0.504 e. The average Bonchev–Trinajstić information content (AvgIpc) is 1.68. The minimum absolute atomic E-state index is 0.0880. The van der Waals surface area contributed by atoms with Crippen molar-refractivity contribution in [2.24, 2.45) is 0 Å². The number of aldehydes is 1. The van der Waals surface area contributed by atoms with Crippen LogP contribution in [0, 0.1) is 0 Å². The Hall–Kier alpha value is -8.36. The molecule has 3 saturated heterocycles. The first-order valence-corrected chi connectivity index (χ1v) is 39.2. The van der Waals surface area contributed by atoms with Crippen molar-refractivity contribution in [3.05, 3.63) is 109 Å². The van der Waals surface area contributed by atoms with E-state index in [-0.39, 0.29) is 46.6 Å². The lowest BCUT2D eigenvalue weighted by atomic mass is 10.2. The molecule has 0 atom stereocenters. The Morgan fingerprint density at radius 1 is 0.657 bits per heavy atom. The highest BCUT2D eigenvalue weighted by Crippen LogP contribution is 2.61. The lowest BCUT2D eigenvalue weighted by molar-refractivity contribution is -0.143. The summed E-state index contributed by atoms with van der Waals surface area (Å²) in [5, 5.41) is 11.6. The topological polar surface area (TPSA) is 443 Å². The third kappa shape index (κ3) is 49.6. The number of esters is 6. The zero-order chi connectivity index (χ0) is 82.2. The molecule has 4 aliphatic heterocycles. The van der Waals surface area contributed by atoms with Gasteiger partial charge in [0, 0.05) is 115 Å². The summed E-state index contributed by atoms with van der Waals surface area (Å²) >= 11 is 26.6. The number of ether oxygens (including phenoxy) is 9. The monoisotopic (exact) mass is 1660 g/mol. The first-order chi connectivity index (χ1) is 52.2. The van der Waals surface area contributed by atoms with E-state index in [1.807, 2.05) is 20.8 Å². The number of halogens is 6. The molecular weight excluding hydrogens is 1570 g/mol. The van der Waals surface area contributed by atoms with Gasteiger partial charge in [-0.3, -0.25) is 23.3 Å². The van der Waals surface area contributed by atoms with Gasteiger partial charge in [0.1, 0.15) is 0 Å². The van der Waals surface area contributed by atoms with Crippen LogP contribution in [0.1, 0.15) is 124 Å². The molecule has 9 heterocycles. The molecule has 6 N–H and O–H groups in total. The fourth-order valence-corrected chi connectivity index (χ4v) is 8.66. The number of piperazine rings is 2. The summed E-state index contributed by atoms with van der Waals surface area (Å²) < 4.78 is 68.5. The van der Waals surface area contributed by atoms with Crippen molar-refractivity contribution < 1.29 is 96.1 Å². The van der Waals surface area contributed by atoms with E-state index in [2.05, 4.69) is 124 Å². The highest BCUT2D eigenvalue weighted by molar-refractivity contribution is 8.24. The number of anilines is 2. The van der Waals surface area contributed by atoms with E-state index in [1.54, 1.807) is 47.6 Å². The number of morpholine rings is 1. The zero-order valence-corrected chi connectivity index (χ0v) is 67.1. The van der Waals surface area contributed by atoms with Gasteiger partial charge in [-0.15, -0.1) is 11.3 Å². The van der Waals surface area contributed by atoms with Crippen LogP contribution in [-0.2, 0) is 66.4 Å². The molecule has 604 valence electrons. The summed E-state index contributed by atoms with van der Waals surface area (Å²) in [6, 6.07) is 1.44. The minimum atomic E-state index is -3.22. The quantitative estimate of drug-likeness (QED) is 0.00807. The molecule has 4 aliphatic rings. The Labute approximate surface area is 655 Å². The van der Waals surface area contributed by atoms with Crippen LogP contribution in [0.2, 0.25) is 10.6 Å². The van der Waals surface area contributed by atoms with E-state index in [0.29, 0.717) is 112 Å². The number of alkyl halides is 1. The number of fused-ring (bicyclic) bond motifs is 1. The summed E-state index contributed by atoms with van der Waals surface area (Å²) in [7, 11) is 0.509. The van der Waals surface area contributed by atoms with Crippen LogP contribution in [0.3, 0.4) is 0 Å². The standard InChI is InChI=1S/C11H10ClN3O2S.C11H16N4O2.C8H14O3.C7H7ClN2O2.C7H10N2O3.C7H8N2O3.C6H12O2.C4H10N2.C3H6O2.CH3F.Cl3OP/c12-11-13-8-5-7(6-16)18-9(8)10(14-11)15-1-3-17-4-2-15;1-2-17-10(16)9-7-13-11(14-8-9)15-5-3-12-4-6-15;1-4-7(6-10-3)8(9)11-5-2;1-2-12-6(11)5-3-9-7(8)10-4-5;2*1-2-12-6(10)5-3-8-7(11)9-4-5;1-3-5-6(7)8-4-2;1-2-6-4-3-5-1;1-2-5-3-4;1-2;1-5(2,3)4/h5-6H,1-4H2;7-8,12H,2-6H2,1H3;6H,4-5H2,1-3H3;3-4H,2H2,1H3;3H,2,4H2,1H3,(H2,8,9,11);3-4H,2H2,1H3,(H,8,9,11);3-5H2,1-2H3;5-6H,1-4H2;3H,2H2,1H3;1H3;/b;;7-6-;;;;;;;;/i;;;;;;;;;1D;. The number of thiophene rings is 1. The number of nitrogens with zero attached hydrogens (tertiary/aromatic N) is 9. The molecule has 0 aliphatic carbocycles. The average molecular weight is 1670 g/mol. The molecule has 108 heavy (non-hydrogen) atoms. The molecule has 35 nitrogen and oxygen atoms in total. The molecule has 0 spiro atoms. The summed E-state index contributed by atoms with van der Waals surface area (Å²) in [6.07, 6.45) is 13.8. The van der Waals surface area contributed by atoms with E-state index < -0.39 is 36.0 Å². The number of methoxy groups -OCH3 is 1. The van der Waals surface area contributed by atoms with E-state index in [1.165, 1.54) is 68.1 Å². The van der Waals surface area contributed by atoms with E-state index in [9.17, 15) is 56.9 Å². The summed E-state index contributed by atoms with van der Waals surface area (Å²) in [4.78, 5) is 141. The van der Waals surface area contributed by atoms with Gasteiger partial charge >= 0.3 is 52.7 Å². The van der Waals surface area contributed by atoms with E-state index in [4.69, 9.17) is 53.0 Å². The Morgan fingerprint density at radius 3 is 1.56 bits per heavy atom. The van der Waals surface area contributed by atoms with Crippen LogP contribution in [0.5, 0.6) is 0 Å². The smallest absolute Gasteiger partial charge is 0.344 e. The molecular formula is C65H96Cl5FN15O20PS. The number of carbonyl (C=O) groups excluding carboxylic acids is 9. The Kier molecular flexibility index (Phi) is 59.6. The van der Waals surface area contributed by atoms with Gasteiger partial charge in [-0.25, -0.2) is 63.5 Å². The number of nitrogens with one attached hydrogen (secondary N) is 6.